The van der Waals surface area contributed by atoms with E-state index in [1.165, 1.54) is 30.5 Å². The zero-order chi connectivity index (χ0) is 19.6. The number of anilines is 1. The van der Waals surface area contributed by atoms with E-state index in [1.54, 1.807) is 36.4 Å². The molecular formula is C19H22FN3O3S. The van der Waals surface area contributed by atoms with E-state index in [-0.39, 0.29) is 11.7 Å². The lowest BCUT2D eigenvalue weighted by Gasteiger charge is -2.26. The van der Waals surface area contributed by atoms with Crippen molar-refractivity contribution in [1.82, 2.24) is 8.61 Å². The summed E-state index contributed by atoms with van der Waals surface area (Å²) in [5.74, 6) is -0.662. The summed E-state index contributed by atoms with van der Waals surface area (Å²) in [6.07, 6.45) is 1.13. The third-order valence-corrected chi connectivity index (χ3v) is 6.53. The van der Waals surface area contributed by atoms with Crippen molar-refractivity contribution in [1.29, 1.82) is 0 Å². The standard InChI is InChI=1S/C19H22FN3O3S/c1-22(2)27(25,26)23-12-4-7-18(23)19(24)21-17-10-8-14(9-11-17)15-5-3-6-16(20)13-15/h3,5-6,8-11,13,18H,4,7,12H2,1-2H3,(H,21,24). The Hall–Kier alpha value is -2.29. The van der Waals surface area contributed by atoms with Gasteiger partial charge in [0, 0.05) is 26.3 Å². The normalized spacial score (nSPS) is 18.0. The first-order chi connectivity index (χ1) is 12.8. The van der Waals surface area contributed by atoms with Gasteiger partial charge in [0.15, 0.2) is 0 Å². The number of carbonyl (C=O) groups excluding carboxylic acids is 1. The van der Waals surface area contributed by atoms with Gasteiger partial charge in [-0.25, -0.2) is 4.39 Å². The molecule has 1 saturated heterocycles. The minimum absolute atomic E-state index is 0.312. The van der Waals surface area contributed by atoms with Crippen molar-refractivity contribution in [3.8, 4) is 11.1 Å². The van der Waals surface area contributed by atoms with Crippen LogP contribution in [0.25, 0.3) is 11.1 Å². The highest BCUT2D eigenvalue weighted by atomic mass is 32.2. The van der Waals surface area contributed by atoms with Crippen LogP contribution in [0.3, 0.4) is 0 Å². The van der Waals surface area contributed by atoms with Gasteiger partial charge >= 0.3 is 0 Å². The number of hydrogen-bond donors (Lipinski definition) is 1. The molecule has 0 saturated carbocycles. The molecule has 0 spiro atoms. The second kappa shape index (κ2) is 7.75. The molecule has 1 heterocycles. The lowest BCUT2D eigenvalue weighted by Crippen LogP contribution is -2.47. The average molecular weight is 391 g/mol. The van der Waals surface area contributed by atoms with Crippen LogP contribution in [0.2, 0.25) is 0 Å². The molecular weight excluding hydrogens is 369 g/mol. The maximum absolute atomic E-state index is 13.4. The number of benzene rings is 2. The summed E-state index contributed by atoms with van der Waals surface area (Å²) in [4.78, 5) is 12.6. The van der Waals surface area contributed by atoms with Gasteiger partial charge in [0.1, 0.15) is 11.9 Å². The summed E-state index contributed by atoms with van der Waals surface area (Å²) >= 11 is 0. The summed E-state index contributed by atoms with van der Waals surface area (Å²) in [5.41, 5.74) is 2.13. The number of carbonyl (C=O) groups is 1. The van der Waals surface area contributed by atoms with Gasteiger partial charge in [0.25, 0.3) is 10.2 Å². The molecule has 6 nitrogen and oxygen atoms in total. The molecule has 1 amide bonds. The van der Waals surface area contributed by atoms with Gasteiger partial charge in [-0.3, -0.25) is 4.79 Å². The Kier molecular flexibility index (Phi) is 5.59. The molecule has 3 rings (SSSR count). The lowest BCUT2D eigenvalue weighted by atomic mass is 10.1. The van der Waals surface area contributed by atoms with Crippen molar-refractivity contribution in [2.24, 2.45) is 0 Å². The van der Waals surface area contributed by atoms with Gasteiger partial charge in [-0.2, -0.15) is 17.0 Å². The maximum atomic E-state index is 13.4. The number of nitrogens with one attached hydrogen (secondary N) is 1. The summed E-state index contributed by atoms with van der Waals surface area (Å²) in [5, 5.41) is 2.78. The van der Waals surface area contributed by atoms with E-state index in [2.05, 4.69) is 5.32 Å². The van der Waals surface area contributed by atoms with Gasteiger partial charge in [-0.15, -0.1) is 0 Å². The van der Waals surface area contributed by atoms with Gasteiger partial charge < -0.3 is 5.32 Å². The molecule has 1 aliphatic heterocycles. The number of nitrogens with zero attached hydrogens (tertiary/aromatic N) is 2. The molecule has 144 valence electrons. The summed E-state index contributed by atoms with van der Waals surface area (Å²) < 4.78 is 40.4. The van der Waals surface area contributed by atoms with Crippen LogP contribution in [0.4, 0.5) is 10.1 Å². The van der Waals surface area contributed by atoms with Crippen LogP contribution >= 0.6 is 0 Å². The van der Waals surface area contributed by atoms with E-state index in [9.17, 15) is 17.6 Å². The number of rotatable bonds is 5. The van der Waals surface area contributed by atoms with Crippen LogP contribution in [0.1, 0.15) is 12.8 Å². The fraction of sp³-hybridized carbons (Fsp3) is 0.316. The quantitative estimate of drug-likeness (QED) is 0.852. The minimum Gasteiger partial charge on any atom is -0.325 e. The fourth-order valence-electron chi connectivity index (χ4n) is 3.13. The molecule has 27 heavy (non-hydrogen) atoms. The van der Waals surface area contributed by atoms with Crippen LogP contribution in [-0.2, 0) is 15.0 Å². The van der Waals surface area contributed by atoms with Gasteiger partial charge in [0.05, 0.1) is 0 Å². The van der Waals surface area contributed by atoms with Crippen LogP contribution in [0.15, 0.2) is 48.5 Å². The van der Waals surface area contributed by atoms with Crippen LogP contribution in [0.5, 0.6) is 0 Å². The van der Waals surface area contributed by atoms with Gasteiger partial charge in [-0.05, 0) is 48.2 Å². The van der Waals surface area contributed by atoms with Gasteiger partial charge in [0.2, 0.25) is 5.91 Å². The van der Waals surface area contributed by atoms with E-state index in [4.69, 9.17) is 0 Å². The van der Waals surface area contributed by atoms with E-state index in [1.807, 2.05) is 0 Å². The second-order valence-electron chi connectivity index (χ2n) is 6.64. The zero-order valence-corrected chi connectivity index (χ0v) is 16.0. The van der Waals surface area contributed by atoms with E-state index >= 15 is 0 Å². The molecule has 1 unspecified atom stereocenters. The highest BCUT2D eigenvalue weighted by Gasteiger charge is 2.39. The molecule has 1 aliphatic rings. The SMILES string of the molecule is CN(C)S(=O)(=O)N1CCCC1C(=O)Nc1ccc(-c2cccc(F)c2)cc1. The maximum Gasteiger partial charge on any atom is 0.282 e. The molecule has 8 heteroatoms. The predicted octanol–water partition coefficient (Wildman–Crippen LogP) is 2.70. The first kappa shape index (κ1) is 19.5. The predicted molar refractivity (Wildman–Crippen MR) is 103 cm³/mol. The summed E-state index contributed by atoms with van der Waals surface area (Å²) in [6, 6.07) is 12.6. The first-order valence-corrected chi connectivity index (χ1v) is 10.0. The third kappa shape index (κ3) is 4.18. The van der Waals surface area contributed by atoms with Crippen molar-refractivity contribution in [2.75, 3.05) is 26.0 Å². The van der Waals surface area contributed by atoms with Crippen LogP contribution in [0, 0.1) is 5.82 Å². The fourth-order valence-corrected chi connectivity index (χ4v) is 4.43. The van der Waals surface area contributed by atoms with Crippen molar-refractivity contribution < 1.29 is 17.6 Å². The Morgan fingerprint density at radius 3 is 2.48 bits per heavy atom. The van der Waals surface area contributed by atoms with Crippen molar-refractivity contribution in [3.05, 3.63) is 54.3 Å². The Morgan fingerprint density at radius 1 is 1.15 bits per heavy atom. The van der Waals surface area contributed by atoms with E-state index in [0.29, 0.717) is 25.1 Å². The lowest BCUT2D eigenvalue weighted by molar-refractivity contribution is -0.119. The summed E-state index contributed by atoms with van der Waals surface area (Å²) in [6.45, 7) is 0.330. The second-order valence-corrected chi connectivity index (χ2v) is 8.73. The Balaban J connectivity index is 1.72. The van der Waals surface area contributed by atoms with E-state index in [0.717, 1.165) is 15.4 Å². The number of halogens is 1. The Morgan fingerprint density at radius 2 is 1.85 bits per heavy atom. The van der Waals surface area contributed by atoms with Gasteiger partial charge in [-0.1, -0.05) is 24.3 Å². The topological polar surface area (TPSA) is 69.7 Å². The zero-order valence-electron chi connectivity index (χ0n) is 15.2. The monoisotopic (exact) mass is 391 g/mol. The third-order valence-electron chi connectivity index (χ3n) is 4.57. The molecule has 0 aromatic heterocycles. The minimum atomic E-state index is -3.64. The van der Waals surface area contributed by atoms with Crippen LogP contribution in [-0.4, -0.2) is 49.6 Å². The smallest absolute Gasteiger partial charge is 0.282 e. The highest BCUT2D eigenvalue weighted by molar-refractivity contribution is 7.86. The largest absolute Gasteiger partial charge is 0.325 e. The Labute approximate surface area is 158 Å². The molecule has 1 atom stereocenters. The van der Waals surface area contributed by atoms with Crippen molar-refractivity contribution in [2.45, 2.75) is 18.9 Å². The Bertz CT molecular complexity index is 929. The van der Waals surface area contributed by atoms with Crippen molar-refractivity contribution >= 4 is 21.8 Å². The van der Waals surface area contributed by atoms with E-state index < -0.39 is 16.3 Å². The molecule has 0 bridgehead atoms. The number of hydrogen-bond acceptors (Lipinski definition) is 3. The molecule has 0 radical (unpaired) electrons. The molecule has 0 aliphatic carbocycles. The molecule has 1 fully saturated rings. The average Bonchev–Trinajstić information content (AvgIpc) is 3.13. The number of amides is 1. The first-order valence-electron chi connectivity index (χ1n) is 8.65. The molecule has 2 aromatic carbocycles. The highest BCUT2D eigenvalue weighted by Crippen LogP contribution is 2.25. The summed E-state index contributed by atoms with van der Waals surface area (Å²) in [7, 11) is -0.735. The molecule has 1 N–H and O–H groups in total. The van der Waals surface area contributed by atoms with Crippen LogP contribution < -0.4 is 5.32 Å². The molecule has 2 aromatic rings. The van der Waals surface area contributed by atoms with Crippen molar-refractivity contribution in [3.63, 3.8) is 0 Å².